The Balaban J connectivity index is 2.17. The van der Waals surface area contributed by atoms with E-state index in [1.54, 1.807) is 0 Å². The number of nitrogens with zero attached hydrogens (tertiary/aromatic N) is 1. The molecule has 1 aliphatic rings. The highest BCUT2D eigenvalue weighted by molar-refractivity contribution is 5.19. The molecule has 1 aliphatic heterocycles. The number of benzene rings is 1. The summed E-state index contributed by atoms with van der Waals surface area (Å²) in [6.45, 7) is 4.33. The average Bonchev–Trinajstić information content (AvgIpc) is 2.55. The van der Waals surface area contributed by atoms with Crippen molar-refractivity contribution in [1.29, 1.82) is 0 Å². The fourth-order valence-electron chi connectivity index (χ4n) is 3.20. The van der Waals surface area contributed by atoms with Crippen molar-refractivity contribution in [2.45, 2.75) is 25.3 Å². The molecule has 1 saturated heterocycles. The molecule has 0 amide bonds. The summed E-state index contributed by atoms with van der Waals surface area (Å²) in [6, 6.07) is 10.7. The number of hydrogen-bond acceptors (Lipinski definition) is 2. The van der Waals surface area contributed by atoms with Crippen LogP contribution in [-0.4, -0.2) is 37.7 Å². The van der Waals surface area contributed by atoms with Gasteiger partial charge in [0.25, 0.3) is 0 Å². The van der Waals surface area contributed by atoms with E-state index in [0.29, 0.717) is 0 Å². The summed E-state index contributed by atoms with van der Waals surface area (Å²) < 4.78 is 5.48. The van der Waals surface area contributed by atoms with Gasteiger partial charge in [-0.05, 0) is 31.4 Å². The maximum atomic E-state index is 5.48. The molecule has 0 saturated carbocycles. The van der Waals surface area contributed by atoms with E-state index in [-0.39, 0.29) is 5.54 Å². The number of rotatable bonds is 4. The van der Waals surface area contributed by atoms with Crippen LogP contribution in [0.5, 0.6) is 0 Å². The fraction of sp³-hybridized carbons (Fsp3) is 0.600. The van der Waals surface area contributed by atoms with Gasteiger partial charge in [-0.3, -0.25) is 4.90 Å². The van der Waals surface area contributed by atoms with Crippen LogP contribution in [0.25, 0.3) is 0 Å². The van der Waals surface area contributed by atoms with Gasteiger partial charge in [0.05, 0.1) is 6.61 Å². The van der Waals surface area contributed by atoms with E-state index in [4.69, 9.17) is 4.74 Å². The van der Waals surface area contributed by atoms with Gasteiger partial charge in [0.15, 0.2) is 0 Å². The van der Waals surface area contributed by atoms with Crippen molar-refractivity contribution in [1.82, 2.24) is 4.90 Å². The van der Waals surface area contributed by atoms with Gasteiger partial charge in [0.1, 0.15) is 0 Å². The first-order valence-corrected chi connectivity index (χ1v) is 6.40. The zero-order valence-corrected chi connectivity index (χ0v) is 11.1. The third-order valence-electron chi connectivity index (χ3n) is 3.91. The topological polar surface area (TPSA) is 12.5 Å². The molecule has 2 nitrogen and oxygen atoms in total. The third kappa shape index (κ3) is 2.70. The second-order valence-electron chi connectivity index (χ2n) is 5.51. The minimum atomic E-state index is 0.190. The van der Waals surface area contributed by atoms with Gasteiger partial charge in [-0.1, -0.05) is 37.3 Å². The molecule has 94 valence electrons. The Bertz CT molecular complexity index is 351. The van der Waals surface area contributed by atoms with Gasteiger partial charge in [-0.2, -0.15) is 0 Å². The zero-order valence-electron chi connectivity index (χ0n) is 11.1. The van der Waals surface area contributed by atoms with Crippen LogP contribution < -0.4 is 0 Å². The van der Waals surface area contributed by atoms with E-state index in [9.17, 15) is 0 Å². The summed E-state index contributed by atoms with van der Waals surface area (Å²) >= 11 is 0. The van der Waals surface area contributed by atoms with Crippen LogP contribution in [0.15, 0.2) is 30.3 Å². The minimum absolute atomic E-state index is 0.190. The molecule has 1 heterocycles. The Labute approximate surface area is 105 Å². The van der Waals surface area contributed by atoms with Gasteiger partial charge < -0.3 is 4.74 Å². The first-order chi connectivity index (χ1) is 8.16. The van der Waals surface area contributed by atoms with Crippen LogP contribution in [0, 0.1) is 5.92 Å². The molecule has 2 atom stereocenters. The minimum Gasteiger partial charge on any atom is -0.383 e. The summed E-state index contributed by atoms with van der Waals surface area (Å²) in [5.74, 6) is 0.763. The number of likely N-dealkylation sites (N-methyl/N-ethyl adjacent to an activating group) is 1. The van der Waals surface area contributed by atoms with E-state index >= 15 is 0 Å². The largest absolute Gasteiger partial charge is 0.383 e. The second-order valence-corrected chi connectivity index (χ2v) is 5.51. The van der Waals surface area contributed by atoms with E-state index in [0.717, 1.165) is 18.9 Å². The lowest BCUT2D eigenvalue weighted by atomic mass is 9.87. The summed E-state index contributed by atoms with van der Waals surface area (Å²) in [7, 11) is 4.04. The molecule has 0 aromatic heterocycles. The van der Waals surface area contributed by atoms with E-state index in [1.807, 2.05) is 7.11 Å². The Hall–Kier alpha value is -0.860. The van der Waals surface area contributed by atoms with Crippen molar-refractivity contribution in [2.24, 2.45) is 5.92 Å². The van der Waals surface area contributed by atoms with Gasteiger partial charge in [0.2, 0.25) is 0 Å². The molecule has 17 heavy (non-hydrogen) atoms. The molecule has 0 N–H and O–H groups in total. The van der Waals surface area contributed by atoms with E-state index in [1.165, 1.54) is 18.5 Å². The van der Waals surface area contributed by atoms with Crippen molar-refractivity contribution in [3.05, 3.63) is 35.9 Å². The summed E-state index contributed by atoms with van der Waals surface area (Å²) in [4.78, 5) is 2.48. The highest BCUT2D eigenvalue weighted by Gasteiger charge is 2.41. The van der Waals surface area contributed by atoms with Crippen molar-refractivity contribution in [2.75, 3.05) is 27.3 Å². The maximum absolute atomic E-state index is 5.48. The molecule has 0 spiro atoms. The Kier molecular flexibility index (Phi) is 3.85. The first-order valence-electron chi connectivity index (χ1n) is 6.40. The van der Waals surface area contributed by atoms with Gasteiger partial charge in [-0.25, -0.2) is 0 Å². The molecule has 0 bridgehead atoms. The second kappa shape index (κ2) is 5.19. The van der Waals surface area contributed by atoms with Crippen molar-refractivity contribution in [3.8, 4) is 0 Å². The van der Waals surface area contributed by atoms with Gasteiger partial charge >= 0.3 is 0 Å². The van der Waals surface area contributed by atoms with Crippen molar-refractivity contribution in [3.63, 3.8) is 0 Å². The lowest BCUT2D eigenvalue weighted by Crippen LogP contribution is -2.47. The molecule has 1 aromatic carbocycles. The van der Waals surface area contributed by atoms with E-state index < -0.39 is 0 Å². The molecule has 0 aliphatic carbocycles. The van der Waals surface area contributed by atoms with Crippen LogP contribution in [0.1, 0.15) is 18.9 Å². The quantitative estimate of drug-likeness (QED) is 0.792. The van der Waals surface area contributed by atoms with E-state index in [2.05, 4.69) is 49.2 Å². The highest BCUT2D eigenvalue weighted by Crippen LogP contribution is 2.34. The van der Waals surface area contributed by atoms with Crippen LogP contribution in [0.2, 0.25) is 0 Å². The molecule has 1 fully saturated rings. The molecular weight excluding hydrogens is 210 g/mol. The smallest absolute Gasteiger partial charge is 0.0649 e. The van der Waals surface area contributed by atoms with Crippen molar-refractivity contribution >= 4 is 0 Å². The molecule has 0 unspecified atom stereocenters. The van der Waals surface area contributed by atoms with Crippen LogP contribution in [0.3, 0.4) is 0 Å². The predicted molar refractivity (Wildman–Crippen MR) is 71.2 cm³/mol. The molecule has 2 heteroatoms. The SMILES string of the molecule is COC[C@]1(Cc2ccccc2)C[C@H](C)CN1C. The molecular formula is C15H23NO. The Morgan fingerprint density at radius 3 is 2.59 bits per heavy atom. The first kappa shape index (κ1) is 12.6. The normalized spacial score (nSPS) is 29.7. The Morgan fingerprint density at radius 1 is 1.35 bits per heavy atom. The monoisotopic (exact) mass is 233 g/mol. The average molecular weight is 233 g/mol. The van der Waals surface area contributed by atoms with Gasteiger partial charge in [-0.15, -0.1) is 0 Å². The van der Waals surface area contributed by atoms with Crippen LogP contribution in [0.4, 0.5) is 0 Å². The lowest BCUT2D eigenvalue weighted by Gasteiger charge is -2.36. The maximum Gasteiger partial charge on any atom is 0.0649 e. The predicted octanol–water partition coefficient (Wildman–Crippen LogP) is 2.59. The zero-order chi connectivity index (χ0) is 12.3. The van der Waals surface area contributed by atoms with Crippen LogP contribution in [-0.2, 0) is 11.2 Å². The number of hydrogen-bond donors (Lipinski definition) is 0. The third-order valence-corrected chi connectivity index (χ3v) is 3.91. The molecule has 2 rings (SSSR count). The fourth-order valence-corrected chi connectivity index (χ4v) is 3.20. The van der Waals surface area contributed by atoms with Crippen LogP contribution >= 0.6 is 0 Å². The number of methoxy groups -OCH3 is 1. The standard InChI is InChI=1S/C15H23NO/c1-13-9-15(12-17-3,16(2)11-13)10-14-7-5-4-6-8-14/h4-8,13H,9-12H2,1-3H3/t13-,15+/m0/s1. The molecule has 0 radical (unpaired) electrons. The summed E-state index contributed by atoms with van der Waals surface area (Å²) in [5, 5.41) is 0. The Morgan fingerprint density at radius 2 is 2.06 bits per heavy atom. The summed E-state index contributed by atoms with van der Waals surface area (Å²) in [5.41, 5.74) is 1.60. The lowest BCUT2D eigenvalue weighted by molar-refractivity contribution is 0.0528. The van der Waals surface area contributed by atoms with Gasteiger partial charge in [0, 0.05) is 19.2 Å². The summed E-state index contributed by atoms with van der Waals surface area (Å²) in [6.07, 6.45) is 2.31. The highest BCUT2D eigenvalue weighted by atomic mass is 16.5. The van der Waals surface area contributed by atoms with Crippen molar-refractivity contribution < 1.29 is 4.74 Å². The molecule has 1 aromatic rings. The number of likely N-dealkylation sites (tertiary alicyclic amines) is 1. The number of ether oxygens (including phenoxy) is 1.